The monoisotopic (exact) mass is 204 g/mol. The van der Waals surface area contributed by atoms with Crippen molar-refractivity contribution in [2.24, 2.45) is 0 Å². The van der Waals surface area contributed by atoms with Crippen LogP contribution in [0.4, 0.5) is 0 Å². The highest BCUT2D eigenvalue weighted by Gasteiger charge is 2.06. The summed E-state index contributed by atoms with van der Waals surface area (Å²) in [6, 6.07) is 0. The second kappa shape index (κ2) is 2.80. The van der Waals surface area contributed by atoms with E-state index in [4.69, 9.17) is 11.6 Å². The normalized spacial score (nSPS) is 10.3. The van der Waals surface area contributed by atoms with Gasteiger partial charge < -0.3 is 0 Å². The quantitative estimate of drug-likeness (QED) is 0.710. The first-order valence-corrected chi connectivity index (χ1v) is 4.66. The third-order valence-electron chi connectivity index (χ3n) is 0.979. The largest absolute Gasteiger partial charge is 0.207 e. The van der Waals surface area contributed by atoms with E-state index in [1.54, 1.807) is 5.38 Å². The highest BCUT2D eigenvalue weighted by molar-refractivity contribution is 7.18. The molecular weight excluding hydrogens is 204 g/mol. The zero-order chi connectivity index (χ0) is 7.68. The maximum Gasteiger partial charge on any atom is 0.207 e. The van der Waals surface area contributed by atoms with Crippen molar-refractivity contribution in [2.75, 3.05) is 0 Å². The van der Waals surface area contributed by atoms with Gasteiger partial charge in [-0.2, -0.15) is 0 Å². The van der Waals surface area contributed by atoms with Gasteiger partial charge in [-0.1, -0.05) is 15.8 Å². The van der Waals surface area contributed by atoms with E-state index in [1.807, 2.05) is 0 Å². The number of hydrogen-bond donors (Lipinski definition) is 0. The van der Waals surface area contributed by atoms with Crippen LogP contribution in [0.5, 0.6) is 0 Å². The number of nitrogens with zero attached hydrogens (tertiary/aromatic N) is 4. The highest BCUT2D eigenvalue weighted by Crippen LogP contribution is 2.24. The van der Waals surface area contributed by atoms with Gasteiger partial charge in [0.05, 0.1) is 0 Å². The van der Waals surface area contributed by atoms with Crippen LogP contribution in [-0.4, -0.2) is 19.8 Å². The lowest BCUT2D eigenvalue weighted by Gasteiger charge is -1.78. The van der Waals surface area contributed by atoms with Crippen LogP contribution in [0.1, 0.15) is 0 Å². The lowest BCUT2D eigenvalue weighted by atomic mass is 10.5. The maximum atomic E-state index is 5.58. The van der Waals surface area contributed by atoms with E-state index in [2.05, 4.69) is 19.8 Å². The molecule has 11 heavy (non-hydrogen) atoms. The molecule has 0 unspecified atom stereocenters. The van der Waals surface area contributed by atoms with Gasteiger partial charge in [-0.25, -0.2) is 0 Å². The Morgan fingerprint density at radius 3 is 2.73 bits per heavy atom. The highest BCUT2D eigenvalue weighted by atomic mass is 35.5. The smallest absolute Gasteiger partial charge is 0.135 e. The van der Waals surface area contributed by atoms with Crippen LogP contribution in [0.2, 0.25) is 4.47 Å². The Kier molecular flexibility index (Phi) is 1.80. The van der Waals surface area contributed by atoms with E-state index in [-0.39, 0.29) is 0 Å². The molecule has 0 N–H and O–H groups in total. The van der Waals surface area contributed by atoms with Crippen molar-refractivity contribution >= 4 is 34.5 Å². The summed E-state index contributed by atoms with van der Waals surface area (Å²) in [4.78, 5) is 0. The standard InChI is InChI=1S/C4HClN4S2/c5-4-8-7-3(11-4)2-1-10-9-6-2/h1H. The fourth-order valence-electron chi connectivity index (χ4n) is 0.567. The Bertz CT molecular complexity index is 343. The van der Waals surface area contributed by atoms with Crippen molar-refractivity contribution in [1.82, 2.24) is 19.8 Å². The summed E-state index contributed by atoms with van der Waals surface area (Å²) in [6.07, 6.45) is 0. The second-order valence-electron chi connectivity index (χ2n) is 1.65. The van der Waals surface area contributed by atoms with Crippen LogP contribution >= 0.6 is 34.5 Å². The molecule has 2 aromatic heterocycles. The van der Waals surface area contributed by atoms with Crippen molar-refractivity contribution in [3.05, 3.63) is 9.85 Å². The molecule has 0 fully saturated rings. The van der Waals surface area contributed by atoms with Gasteiger partial charge in [-0.3, -0.25) is 0 Å². The van der Waals surface area contributed by atoms with Crippen LogP contribution in [-0.2, 0) is 0 Å². The van der Waals surface area contributed by atoms with E-state index in [0.29, 0.717) is 9.47 Å². The molecule has 0 amide bonds. The zero-order valence-corrected chi connectivity index (χ0v) is 7.45. The Morgan fingerprint density at radius 1 is 1.27 bits per heavy atom. The van der Waals surface area contributed by atoms with Crippen molar-refractivity contribution in [2.45, 2.75) is 0 Å². The summed E-state index contributed by atoms with van der Waals surface area (Å²) < 4.78 is 4.12. The summed E-state index contributed by atoms with van der Waals surface area (Å²) in [5.74, 6) is 0. The van der Waals surface area contributed by atoms with E-state index in [1.165, 1.54) is 22.9 Å². The third-order valence-corrected chi connectivity index (χ3v) is 2.53. The van der Waals surface area contributed by atoms with Gasteiger partial charge in [0.25, 0.3) is 0 Å². The Labute approximate surface area is 75.0 Å². The molecule has 0 radical (unpaired) electrons. The second-order valence-corrected chi connectivity index (χ2v) is 3.82. The van der Waals surface area contributed by atoms with Gasteiger partial charge in [0.15, 0.2) is 5.01 Å². The van der Waals surface area contributed by atoms with Crippen LogP contribution < -0.4 is 0 Å². The molecule has 0 aliphatic carbocycles. The molecule has 0 saturated carbocycles. The maximum absolute atomic E-state index is 5.58. The van der Waals surface area contributed by atoms with Crippen LogP contribution in [0, 0.1) is 0 Å². The van der Waals surface area contributed by atoms with Gasteiger partial charge >= 0.3 is 0 Å². The lowest BCUT2D eigenvalue weighted by Crippen LogP contribution is -1.75. The molecule has 2 rings (SSSR count). The molecule has 0 aliphatic heterocycles. The molecule has 0 aromatic carbocycles. The van der Waals surface area contributed by atoms with Crippen LogP contribution in [0.15, 0.2) is 5.38 Å². The van der Waals surface area contributed by atoms with E-state index in [0.717, 1.165) is 5.69 Å². The molecule has 2 aromatic rings. The Morgan fingerprint density at radius 2 is 2.18 bits per heavy atom. The van der Waals surface area contributed by atoms with E-state index >= 15 is 0 Å². The summed E-state index contributed by atoms with van der Waals surface area (Å²) in [7, 11) is 0. The van der Waals surface area contributed by atoms with Gasteiger partial charge in [0, 0.05) is 5.38 Å². The number of halogens is 1. The number of rotatable bonds is 1. The van der Waals surface area contributed by atoms with Crippen LogP contribution in [0.3, 0.4) is 0 Å². The molecular formula is C4HClN4S2. The summed E-state index contributed by atoms with van der Waals surface area (Å²) in [5.41, 5.74) is 0.736. The fraction of sp³-hybridized carbons (Fsp3) is 0. The first kappa shape index (κ1) is 7.08. The molecule has 0 atom stereocenters. The minimum atomic E-state index is 0.424. The third kappa shape index (κ3) is 1.37. The topological polar surface area (TPSA) is 51.6 Å². The molecule has 0 saturated heterocycles. The zero-order valence-electron chi connectivity index (χ0n) is 5.06. The van der Waals surface area contributed by atoms with Crippen molar-refractivity contribution in [1.29, 1.82) is 0 Å². The number of aromatic nitrogens is 4. The molecule has 0 spiro atoms. The minimum absolute atomic E-state index is 0.424. The SMILES string of the molecule is Clc1nnc(-c2csnn2)s1. The molecule has 7 heteroatoms. The predicted molar refractivity (Wildman–Crippen MR) is 43.8 cm³/mol. The first-order chi connectivity index (χ1) is 5.36. The summed E-state index contributed by atoms with van der Waals surface area (Å²) in [5, 5.41) is 13.8. The lowest BCUT2D eigenvalue weighted by molar-refractivity contribution is 1.07. The fourth-order valence-corrected chi connectivity index (χ4v) is 1.87. The van der Waals surface area contributed by atoms with Gasteiger partial charge in [0.1, 0.15) is 5.69 Å². The molecule has 4 nitrogen and oxygen atoms in total. The number of hydrogen-bond acceptors (Lipinski definition) is 6. The van der Waals surface area contributed by atoms with E-state index in [9.17, 15) is 0 Å². The van der Waals surface area contributed by atoms with Crippen molar-refractivity contribution in [3.8, 4) is 10.7 Å². The Balaban J connectivity index is 2.45. The Hall–Kier alpha value is -0.590. The van der Waals surface area contributed by atoms with Gasteiger partial charge in [-0.15, -0.1) is 15.3 Å². The van der Waals surface area contributed by atoms with Crippen molar-refractivity contribution in [3.63, 3.8) is 0 Å². The average Bonchev–Trinajstić information content (AvgIpc) is 2.55. The van der Waals surface area contributed by atoms with Gasteiger partial charge in [-0.05, 0) is 23.1 Å². The summed E-state index contributed by atoms with van der Waals surface area (Å²) in [6.45, 7) is 0. The van der Waals surface area contributed by atoms with E-state index < -0.39 is 0 Å². The molecule has 2 heterocycles. The first-order valence-electron chi connectivity index (χ1n) is 2.63. The minimum Gasteiger partial charge on any atom is -0.135 e. The molecule has 0 aliphatic rings. The van der Waals surface area contributed by atoms with Gasteiger partial charge in [0.2, 0.25) is 4.47 Å². The average molecular weight is 205 g/mol. The molecule has 0 bridgehead atoms. The summed E-state index contributed by atoms with van der Waals surface area (Å²) >= 11 is 8.15. The van der Waals surface area contributed by atoms with Crippen molar-refractivity contribution < 1.29 is 0 Å². The molecule has 56 valence electrons. The predicted octanol–water partition coefficient (Wildman–Crippen LogP) is 1.71. The van der Waals surface area contributed by atoms with Crippen LogP contribution in [0.25, 0.3) is 10.7 Å².